The highest BCUT2D eigenvalue weighted by Gasteiger charge is 2.20. The van der Waals surface area contributed by atoms with Crippen molar-refractivity contribution in [3.05, 3.63) is 47.3 Å². The van der Waals surface area contributed by atoms with Crippen LogP contribution in [0.1, 0.15) is 26.4 Å². The Balaban J connectivity index is 1.61. The van der Waals surface area contributed by atoms with Crippen molar-refractivity contribution in [2.45, 2.75) is 6.54 Å². The zero-order valence-electron chi connectivity index (χ0n) is 13.9. The first kappa shape index (κ1) is 17.0. The number of hydrogen-bond acceptors (Lipinski definition) is 5. The van der Waals surface area contributed by atoms with Crippen LogP contribution < -0.4 is 10.2 Å². The summed E-state index contributed by atoms with van der Waals surface area (Å²) < 4.78 is 6.66. The van der Waals surface area contributed by atoms with Gasteiger partial charge in [0.2, 0.25) is 0 Å². The number of aryl methyl sites for hydroxylation is 1. The van der Waals surface area contributed by atoms with Gasteiger partial charge < -0.3 is 20.1 Å². The van der Waals surface area contributed by atoms with E-state index in [9.17, 15) is 9.59 Å². The van der Waals surface area contributed by atoms with Crippen molar-refractivity contribution in [1.29, 1.82) is 0 Å². The summed E-state index contributed by atoms with van der Waals surface area (Å²) in [5.74, 6) is -1.68. The van der Waals surface area contributed by atoms with Crippen LogP contribution >= 0.6 is 0 Å². The summed E-state index contributed by atoms with van der Waals surface area (Å²) in [7, 11) is 1.58. The lowest BCUT2D eigenvalue weighted by atomic mass is 10.1. The number of rotatable bonds is 5. The second-order valence-corrected chi connectivity index (χ2v) is 5.82. The molecule has 0 unspecified atom stereocenters. The molecule has 0 saturated carbocycles. The van der Waals surface area contributed by atoms with Crippen molar-refractivity contribution >= 4 is 17.6 Å². The number of aromatic carboxylic acids is 1. The van der Waals surface area contributed by atoms with E-state index in [2.05, 4.69) is 15.3 Å². The Bertz CT molecular complexity index is 763. The van der Waals surface area contributed by atoms with Gasteiger partial charge >= 0.3 is 5.97 Å². The fourth-order valence-corrected chi connectivity index (χ4v) is 2.72. The largest absolute Gasteiger partial charge is 0.478 e. The fraction of sp³-hybridized carbons (Fsp3) is 0.353. The molecule has 3 rings (SSSR count). The van der Waals surface area contributed by atoms with Gasteiger partial charge in [-0.25, -0.2) is 4.79 Å². The molecule has 2 N–H and O–H groups in total. The maximum Gasteiger partial charge on any atom is 0.339 e. The predicted molar refractivity (Wildman–Crippen MR) is 90.8 cm³/mol. The molecule has 1 aliphatic rings. The first-order valence-electron chi connectivity index (χ1n) is 8.01. The van der Waals surface area contributed by atoms with E-state index in [1.165, 1.54) is 10.9 Å². The Hall–Kier alpha value is -2.87. The number of carbonyl (C=O) groups is 2. The quantitative estimate of drug-likeness (QED) is 0.836. The lowest BCUT2D eigenvalue weighted by Crippen LogP contribution is -2.36. The molecule has 1 aromatic heterocycles. The van der Waals surface area contributed by atoms with Gasteiger partial charge in [-0.3, -0.25) is 9.48 Å². The number of morpholine rings is 1. The summed E-state index contributed by atoms with van der Waals surface area (Å²) in [6.07, 6.45) is 1.31. The average molecular weight is 344 g/mol. The molecular formula is C17H20N4O4. The van der Waals surface area contributed by atoms with E-state index in [0.29, 0.717) is 6.54 Å². The number of carboxylic acids is 1. The van der Waals surface area contributed by atoms with Crippen molar-refractivity contribution < 1.29 is 19.4 Å². The summed E-state index contributed by atoms with van der Waals surface area (Å²) in [4.78, 5) is 25.6. The minimum Gasteiger partial charge on any atom is -0.478 e. The average Bonchev–Trinajstić information content (AvgIpc) is 3.03. The highest BCUT2D eigenvalue weighted by atomic mass is 16.5. The monoisotopic (exact) mass is 344 g/mol. The van der Waals surface area contributed by atoms with Crippen molar-refractivity contribution in [3.63, 3.8) is 0 Å². The number of anilines is 1. The number of hydrogen-bond donors (Lipinski definition) is 2. The normalized spacial score (nSPS) is 14.4. The molecule has 1 aliphatic heterocycles. The highest BCUT2D eigenvalue weighted by molar-refractivity contribution is 6.03. The molecule has 0 atom stereocenters. The van der Waals surface area contributed by atoms with Crippen molar-refractivity contribution in [3.8, 4) is 0 Å². The van der Waals surface area contributed by atoms with Gasteiger partial charge in [-0.2, -0.15) is 5.10 Å². The summed E-state index contributed by atoms with van der Waals surface area (Å²) >= 11 is 0. The maximum atomic E-state index is 12.2. The molecule has 0 aliphatic carbocycles. The third kappa shape index (κ3) is 3.97. The van der Waals surface area contributed by atoms with Gasteiger partial charge in [-0.15, -0.1) is 0 Å². The number of benzene rings is 1. The standard InChI is InChI=1S/C17H20N4O4/c1-20-11-14(17(23)24)15(19-20)16(22)18-10-12-2-4-13(5-3-12)21-6-8-25-9-7-21/h2-5,11H,6-10H2,1H3,(H,18,22)(H,23,24). The molecule has 2 heterocycles. The van der Waals surface area contributed by atoms with Crippen LogP contribution in [0, 0.1) is 0 Å². The van der Waals surface area contributed by atoms with Gasteiger partial charge in [0.15, 0.2) is 5.69 Å². The third-order valence-corrected chi connectivity index (χ3v) is 4.04. The molecule has 8 nitrogen and oxygen atoms in total. The van der Waals surface area contributed by atoms with E-state index in [1.807, 2.05) is 24.3 Å². The second kappa shape index (κ2) is 7.35. The van der Waals surface area contributed by atoms with Crippen LogP contribution in [0.2, 0.25) is 0 Å². The van der Waals surface area contributed by atoms with Gasteiger partial charge in [0.1, 0.15) is 5.56 Å². The van der Waals surface area contributed by atoms with E-state index in [1.54, 1.807) is 7.05 Å². The van der Waals surface area contributed by atoms with Crippen LogP contribution in [-0.4, -0.2) is 53.1 Å². The van der Waals surface area contributed by atoms with Crippen LogP contribution in [0.5, 0.6) is 0 Å². The zero-order valence-corrected chi connectivity index (χ0v) is 13.9. The number of carboxylic acid groups (broad SMARTS) is 1. The van der Waals surface area contributed by atoms with Crippen LogP contribution in [-0.2, 0) is 18.3 Å². The Morgan fingerprint density at radius 1 is 1.24 bits per heavy atom. The van der Waals surface area contributed by atoms with E-state index < -0.39 is 11.9 Å². The molecule has 0 radical (unpaired) electrons. The summed E-state index contributed by atoms with van der Waals surface area (Å²) in [5.41, 5.74) is 1.86. The predicted octanol–water partition coefficient (Wildman–Crippen LogP) is 0.885. The molecule has 0 bridgehead atoms. The zero-order chi connectivity index (χ0) is 17.8. The Morgan fingerprint density at radius 3 is 2.56 bits per heavy atom. The van der Waals surface area contributed by atoms with E-state index >= 15 is 0 Å². The molecule has 1 aromatic carbocycles. The summed E-state index contributed by atoms with van der Waals surface area (Å²) in [6, 6.07) is 7.91. The number of nitrogens with zero attached hydrogens (tertiary/aromatic N) is 3. The number of nitrogens with one attached hydrogen (secondary N) is 1. The third-order valence-electron chi connectivity index (χ3n) is 4.04. The Morgan fingerprint density at radius 2 is 1.92 bits per heavy atom. The van der Waals surface area contributed by atoms with Crippen LogP contribution in [0.25, 0.3) is 0 Å². The van der Waals surface area contributed by atoms with E-state index in [4.69, 9.17) is 9.84 Å². The van der Waals surface area contributed by atoms with Gasteiger partial charge in [0, 0.05) is 38.6 Å². The lowest BCUT2D eigenvalue weighted by Gasteiger charge is -2.28. The molecule has 1 saturated heterocycles. The molecule has 0 spiro atoms. The Labute approximate surface area is 145 Å². The summed E-state index contributed by atoms with van der Waals surface area (Å²) in [5, 5.41) is 15.8. The number of carbonyl (C=O) groups excluding carboxylic acids is 1. The van der Waals surface area contributed by atoms with Gasteiger partial charge in [-0.05, 0) is 17.7 Å². The van der Waals surface area contributed by atoms with Crippen LogP contribution in [0.3, 0.4) is 0 Å². The van der Waals surface area contributed by atoms with E-state index in [-0.39, 0.29) is 11.3 Å². The van der Waals surface area contributed by atoms with Crippen LogP contribution in [0.4, 0.5) is 5.69 Å². The van der Waals surface area contributed by atoms with E-state index in [0.717, 1.165) is 37.6 Å². The Kier molecular flexibility index (Phi) is 4.99. The molecule has 1 fully saturated rings. The molecular weight excluding hydrogens is 324 g/mol. The molecule has 8 heteroatoms. The number of aromatic nitrogens is 2. The molecule has 25 heavy (non-hydrogen) atoms. The van der Waals surface area contributed by atoms with Crippen molar-refractivity contribution in [2.75, 3.05) is 31.2 Å². The highest BCUT2D eigenvalue weighted by Crippen LogP contribution is 2.16. The first-order chi connectivity index (χ1) is 12.0. The topological polar surface area (TPSA) is 96.7 Å². The minimum atomic E-state index is -1.17. The molecule has 132 valence electrons. The first-order valence-corrected chi connectivity index (χ1v) is 8.01. The summed E-state index contributed by atoms with van der Waals surface area (Å²) in [6.45, 7) is 3.50. The van der Waals surface area contributed by atoms with Gasteiger partial charge in [-0.1, -0.05) is 12.1 Å². The second-order valence-electron chi connectivity index (χ2n) is 5.82. The maximum absolute atomic E-state index is 12.2. The number of amides is 1. The van der Waals surface area contributed by atoms with Gasteiger partial charge in [0.05, 0.1) is 13.2 Å². The van der Waals surface area contributed by atoms with Crippen molar-refractivity contribution in [2.24, 2.45) is 7.05 Å². The molecule has 2 aromatic rings. The van der Waals surface area contributed by atoms with Crippen molar-refractivity contribution in [1.82, 2.24) is 15.1 Å². The van der Waals surface area contributed by atoms with Gasteiger partial charge in [0.25, 0.3) is 5.91 Å². The minimum absolute atomic E-state index is 0.0834. The number of ether oxygens (including phenoxy) is 1. The smallest absolute Gasteiger partial charge is 0.339 e. The lowest BCUT2D eigenvalue weighted by molar-refractivity contribution is 0.0691. The van der Waals surface area contributed by atoms with Crippen LogP contribution in [0.15, 0.2) is 30.5 Å². The molecule has 1 amide bonds. The SMILES string of the molecule is Cn1cc(C(=O)O)c(C(=O)NCc2ccc(N3CCOCC3)cc2)n1. The fourth-order valence-electron chi connectivity index (χ4n) is 2.72.